The normalized spacial score (nSPS) is 19.4. The molecule has 0 atom stereocenters. The summed E-state index contributed by atoms with van der Waals surface area (Å²) in [6.45, 7) is 1.87. The van der Waals surface area contributed by atoms with Gasteiger partial charge in [-0.05, 0) is 31.4 Å². The van der Waals surface area contributed by atoms with E-state index in [1.807, 2.05) is 4.90 Å². The molecule has 4 rings (SSSR count). The Kier molecular flexibility index (Phi) is 3.91. The Labute approximate surface area is 145 Å². The first-order chi connectivity index (χ1) is 12.2. The molecule has 0 N–H and O–H groups in total. The van der Waals surface area contributed by atoms with Crippen LogP contribution in [-0.2, 0) is 4.79 Å². The lowest BCUT2D eigenvalue weighted by Crippen LogP contribution is -2.46. The molecule has 4 heterocycles. The molecule has 0 aliphatic carbocycles. The van der Waals surface area contributed by atoms with Gasteiger partial charge in [-0.15, -0.1) is 0 Å². The Morgan fingerprint density at radius 1 is 1.00 bits per heavy atom. The Balaban J connectivity index is 1.45. The van der Waals surface area contributed by atoms with Gasteiger partial charge in [0.25, 0.3) is 5.91 Å². The Morgan fingerprint density at radius 3 is 2.40 bits per heavy atom. The fourth-order valence-electron chi connectivity index (χ4n) is 3.77. The summed E-state index contributed by atoms with van der Waals surface area (Å²) in [7, 11) is 0. The number of aromatic nitrogens is 3. The van der Waals surface area contributed by atoms with Crippen molar-refractivity contribution in [2.45, 2.75) is 19.3 Å². The van der Waals surface area contributed by atoms with Gasteiger partial charge in [0, 0.05) is 32.0 Å². The third-order valence-electron chi connectivity index (χ3n) is 5.29. The lowest BCUT2D eigenvalue weighted by atomic mass is 9.77. The Hall–Kier alpha value is -2.83. The number of nitrogens with zero attached hydrogens (tertiary/aromatic N) is 5. The summed E-state index contributed by atoms with van der Waals surface area (Å²) in [5.41, 5.74) is 0.985. The Bertz CT molecular complexity index is 773. The molecule has 7 heteroatoms. The van der Waals surface area contributed by atoms with Gasteiger partial charge < -0.3 is 9.80 Å². The van der Waals surface area contributed by atoms with Crippen LogP contribution in [0, 0.1) is 5.41 Å². The van der Waals surface area contributed by atoms with Gasteiger partial charge in [-0.25, -0.2) is 9.97 Å². The van der Waals surface area contributed by atoms with E-state index in [0.29, 0.717) is 38.0 Å². The first kappa shape index (κ1) is 15.7. The maximum Gasteiger partial charge on any atom is 0.255 e. The average molecular weight is 337 g/mol. The first-order valence-corrected chi connectivity index (χ1v) is 8.46. The molecule has 2 aliphatic rings. The van der Waals surface area contributed by atoms with Crippen LogP contribution in [0.3, 0.4) is 0 Å². The zero-order chi connectivity index (χ0) is 17.3. The monoisotopic (exact) mass is 337 g/mol. The standard InChI is InChI=1S/C18H19N5O2/c24-16(14-2-1-6-19-10-14)22-7-3-18(4-8-22)5-9-23(17(18)25)15-11-20-13-21-12-15/h1-2,6,10-13H,3-5,7-9H2. The molecule has 2 aromatic rings. The van der Waals surface area contributed by atoms with Gasteiger partial charge in [-0.2, -0.15) is 0 Å². The fourth-order valence-corrected chi connectivity index (χ4v) is 3.77. The highest BCUT2D eigenvalue weighted by atomic mass is 16.2. The predicted octanol–water partition coefficient (Wildman–Crippen LogP) is 1.53. The smallest absolute Gasteiger partial charge is 0.255 e. The highest BCUT2D eigenvalue weighted by Crippen LogP contribution is 2.43. The van der Waals surface area contributed by atoms with Crippen LogP contribution in [0.4, 0.5) is 5.69 Å². The van der Waals surface area contributed by atoms with Gasteiger partial charge in [0.1, 0.15) is 6.33 Å². The number of carbonyl (C=O) groups excluding carboxylic acids is 2. The van der Waals surface area contributed by atoms with Crippen LogP contribution in [0.15, 0.2) is 43.2 Å². The minimum absolute atomic E-state index is 0.0123. The van der Waals surface area contributed by atoms with E-state index in [0.717, 1.165) is 12.1 Å². The first-order valence-electron chi connectivity index (χ1n) is 8.46. The zero-order valence-corrected chi connectivity index (χ0v) is 13.8. The summed E-state index contributed by atoms with van der Waals surface area (Å²) in [5.74, 6) is 0.123. The third kappa shape index (κ3) is 2.75. The lowest BCUT2D eigenvalue weighted by Gasteiger charge is -2.37. The number of carbonyl (C=O) groups is 2. The summed E-state index contributed by atoms with van der Waals surface area (Å²) < 4.78 is 0. The van der Waals surface area contributed by atoms with Crippen molar-refractivity contribution in [1.82, 2.24) is 19.9 Å². The molecule has 2 aliphatic heterocycles. The SMILES string of the molecule is O=C(c1cccnc1)N1CCC2(CC1)CCN(c1cncnc1)C2=O. The number of likely N-dealkylation sites (tertiary alicyclic amines) is 1. The molecule has 25 heavy (non-hydrogen) atoms. The number of anilines is 1. The van der Waals surface area contributed by atoms with Crippen molar-refractivity contribution >= 4 is 17.5 Å². The van der Waals surface area contributed by atoms with Gasteiger partial charge in [0.05, 0.1) is 29.1 Å². The lowest BCUT2D eigenvalue weighted by molar-refractivity contribution is -0.127. The minimum atomic E-state index is -0.360. The largest absolute Gasteiger partial charge is 0.339 e. The second-order valence-corrected chi connectivity index (χ2v) is 6.62. The molecule has 128 valence electrons. The van der Waals surface area contributed by atoms with E-state index in [4.69, 9.17) is 0 Å². The van der Waals surface area contributed by atoms with Crippen molar-refractivity contribution in [3.8, 4) is 0 Å². The van der Waals surface area contributed by atoms with Crippen LogP contribution < -0.4 is 4.90 Å². The van der Waals surface area contributed by atoms with E-state index in [2.05, 4.69) is 15.0 Å². The Morgan fingerprint density at radius 2 is 1.72 bits per heavy atom. The maximum atomic E-state index is 13.0. The summed E-state index contributed by atoms with van der Waals surface area (Å²) >= 11 is 0. The third-order valence-corrected chi connectivity index (χ3v) is 5.29. The average Bonchev–Trinajstić information content (AvgIpc) is 2.99. The summed E-state index contributed by atoms with van der Waals surface area (Å²) in [4.78, 5) is 41.1. The van der Waals surface area contributed by atoms with E-state index >= 15 is 0 Å². The molecule has 2 saturated heterocycles. The van der Waals surface area contributed by atoms with E-state index < -0.39 is 0 Å². The zero-order valence-electron chi connectivity index (χ0n) is 13.8. The van der Waals surface area contributed by atoms with E-state index in [9.17, 15) is 9.59 Å². The molecule has 1 spiro atoms. The molecule has 0 bridgehead atoms. The van der Waals surface area contributed by atoms with Crippen LogP contribution in [-0.4, -0.2) is 51.3 Å². The quantitative estimate of drug-likeness (QED) is 0.830. The molecule has 0 aromatic carbocycles. The van der Waals surface area contributed by atoms with Crippen molar-refractivity contribution in [2.75, 3.05) is 24.5 Å². The summed E-state index contributed by atoms with van der Waals surface area (Å²) in [6, 6.07) is 3.54. The molecule has 2 aromatic heterocycles. The molecule has 0 radical (unpaired) electrons. The van der Waals surface area contributed by atoms with Crippen LogP contribution >= 0.6 is 0 Å². The van der Waals surface area contributed by atoms with Crippen molar-refractivity contribution in [2.24, 2.45) is 5.41 Å². The van der Waals surface area contributed by atoms with Crippen LogP contribution in [0.25, 0.3) is 0 Å². The number of piperidine rings is 1. The molecule has 0 unspecified atom stereocenters. The van der Waals surface area contributed by atoms with E-state index in [1.54, 1.807) is 41.8 Å². The number of rotatable bonds is 2. The van der Waals surface area contributed by atoms with Crippen LogP contribution in [0.2, 0.25) is 0 Å². The van der Waals surface area contributed by atoms with Crippen LogP contribution in [0.1, 0.15) is 29.6 Å². The highest BCUT2D eigenvalue weighted by Gasteiger charge is 2.49. The minimum Gasteiger partial charge on any atom is -0.339 e. The van der Waals surface area contributed by atoms with Gasteiger partial charge in [-0.1, -0.05) is 0 Å². The van der Waals surface area contributed by atoms with Crippen LogP contribution in [0.5, 0.6) is 0 Å². The summed E-state index contributed by atoms with van der Waals surface area (Å²) in [6.07, 6.45) is 10.3. The molecule has 2 fully saturated rings. The number of pyridine rings is 1. The van der Waals surface area contributed by atoms with Gasteiger partial charge in [0.15, 0.2) is 0 Å². The number of amides is 2. The molecule has 2 amide bonds. The molecular formula is C18H19N5O2. The van der Waals surface area contributed by atoms with Crippen molar-refractivity contribution in [3.63, 3.8) is 0 Å². The van der Waals surface area contributed by atoms with Crippen molar-refractivity contribution < 1.29 is 9.59 Å². The van der Waals surface area contributed by atoms with Crippen molar-refractivity contribution in [3.05, 3.63) is 48.8 Å². The fraction of sp³-hybridized carbons (Fsp3) is 0.389. The number of hydrogen-bond donors (Lipinski definition) is 0. The molecule has 0 saturated carbocycles. The van der Waals surface area contributed by atoms with E-state index in [1.165, 1.54) is 6.33 Å². The maximum absolute atomic E-state index is 13.0. The molecular weight excluding hydrogens is 318 g/mol. The van der Waals surface area contributed by atoms with Gasteiger partial charge in [-0.3, -0.25) is 14.6 Å². The number of hydrogen-bond acceptors (Lipinski definition) is 5. The van der Waals surface area contributed by atoms with Gasteiger partial charge >= 0.3 is 0 Å². The highest BCUT2D eigenvalue weighted by molar-refractivity contribution is 6.00. The second-order valence-electron chi connectivity index (χ2n) is 6.62. The van der Waals surface area contributed by atoms with E-state index in [-0.39, 0.29) is 17.2 Å². The summed E-state index contributed by atoms with van der Waals surface area (Å²) in [5, 5.41) is 0. The topological polar surface area (TPSA) is 79.3 Å². The van der Waals surface area contributed by atoms with Gasteiger partial charge in [0.2, 0.25) is 5.91 Å². The van der Waals surface area contributed by atoms with Crippen molar-refractivity contribution in [1.29, 1.82) is 0 Å². The second kappa shape index (κ2) is 6.23. The molecule has 7 nitrogen and oxygen atoms in total. The predicted molar refractivity (Wildman–Crippen MR) is 90.8 cm³/mol.